The van der Waals surface area contributed by atoms with Gasteiger partial charge in [0.15, 0.2) is 0 Å². The van der Waals surface area contributed by atoms with Gasteiger partial charge in [0.2, 0.25) is 5.91 Å². The number of hydrogen-bond acceptors (Lipinski definition) is 2. The largest absolute Gasteiger partial charge is 0.372 e. The highest BCUT2D eigenvalue weighted by atomic mass is 16.5. The lowest BCUT2D eigenvalue weighted by molar-refractivity contribution is -0.125. The van der Waals surface area contributed by atoms with Crippen LogP contribution in [0, 0.1) is 5.92 Å². The molecule has 0 aliphatic heterocycles. The minimum absolute atomic E-state index is 0.0436. The van der Waals surface area contributed by atoms with Gasteiger partial charge >= 0.3 is 0 Å². The van der Waals surface area contributed by atoms with Crippen molar-refractivity contribution in [2.75, 3.05) is 13.2 Å². The molecule has 1 saturated carbocycles. The summed E-state index contributed by atoms with van der Waals surface area (Å²) >= 11 is 0. The average Bonchev–Trinajstić information content (AvgIpc) is 2.85. The highest BCUT2D eigenvalue weighted by molar-refractivity contribution is 5.77. The predicted octanol–water partition coefficient (Wildman–Crippen LogP) is 1.72. The Kier molecular flexibility index (Phi) is 4.94. The van der Waals surface area contributed by atoms with Crippen molar-refractivity contribution in [2.45, 2.75) is 45.6 Å². The van der Waals surface area contributed by atoms with Crippen LogP contribution >= 0.6 is 0 Å². The molecule has 0 aromatic heterocycles. The summed E-state index contributed by atoms with van der Waals surface area (Å²) < 4.78 is 5.16. The van der Waals surface area contributed by atoms with E-state index < -0.39 is 0 Å². The molecule has 0 aromatic carbocycles. The molecule has 14 heavy (non-hydrogen) atoms. The van der Waals surface area contributed by atoms with Gasteiger partial charge in [0, 0.05) is 12.6 Å². The van der Waals surface area contributed by atoms with Gasteiger partial charge in [0.05, 0.1) is 0 Å². The Labute approximate surface area is 86.2 Å². The molecule has 3 nitrogen and oxygen atoms in total. The maximum atomic E-state index is 11.3. The van der Waals surface area contributed by atoms with E-state index in [-0.39, 0.29) is 12.5 Å². The molecule has 0 aromatic rings. The monoisotopic (exact) mass is 199 g/mol. The van der Waals surface area contributed by atoms with Gasteiger partial charge in [-0.2, -0.15) is 0 Å². The summed E-state index contributed by atoms with van der Waals surface area (Å²) in [5.41, 5.74) is 0. The van der Waals surface area contributed by atoms with Gasteiger partial charge in [-0.1, -0.05) is 20.3 Å². The number of nitrogens with one attached hydrogen (secondary N) is 1. The lowest BCUT2D eigenvalue weighted by Crippen LogP contribution is -2.30. The fraction of sp³-hybridized carbons (Fsp3) is 0.909. The van der Waals surface area contributed by atoms with Crippen molar-refractivity contribution in [1.82, 2.24) is 5.32 Å². The van der Waals surface area contributed by atoms with Crippen LogP contribution in [-0.2, 0) is 9.53 Å². The zero-order valence-corrected chi connectivity index (χ0v) is 9.21. The topological polar surface area (TPSA) is 38.3 Å². The molecule has 1 rings (SSSR count). The second-order valence-corrected chi connectivity index (χ2v) is 4.01. The van der Waals surface area contributed by atoms with Crippen LogP contribution < -0.4 is 5.32 Å². The number of hydrogen-bond donors (Lipinski definition) is 1. The Morgan fingerprint density at radius 3 is 2.86 bits per heavy atom. The van der Waals surface area contributed by atoms with Crippen LogP contribution in [-0.4, -0.2) is 25.2 Å². The highest BCUT2D eigenvalue weighted by Crippen LogP contribution is 2.34. The fourth-order valence-corrected chi connectivity index (χ4v) is 1.67. The van der Waals surface area contributed by atoms with Gasteiger partial charge in [-0.25, -0.2) is 0 Å². The van der Waals surface area contributed by atoms with E-state index in [1.807, 2.05) is 6.92 Å². The number of carbonyl (C=O) groups is 1. The molecule has 1 N–H and O–H groups in total. The molecule has 1 aliphatic carbocycles. The molecule has 0 radical (unpaired) electrons. The lowest BCUT2D eigenvalue weighted by atomic mass is 10.2. The number of amides is 1. The number of carbonyl (C=O) groups excluding carboxylic acids is 1. The zero-order valence-electron chi connectivity index (χ0n) is 9.21. The van der Waals surface area contributed by atoms with Gasteiger partial charge in [-0.05, 0) is 25.2 Å². The Hall–Kier alpha value is -0.570. The number of rotatable bonds is 7. The third-order valence-corrected chi connectivity index (χ3v) is 2.51. The third kappa shape index (κ3) is 4.09. The highest BCUT2D eigenvalue weighted by Gasteiger charge is 2.36. The Morgan fingerprint density at radius 2 is 2.21 bits per heavy atom. The van der Waals surface area contributed by atoms with Crippen molar-refractivity contribution in [3.63, 3.8) is 0 Å². The first kappa shape index (κ1) is 11.5. The average molecular weight is 199 g/mol. The van der Waals surface area contributed by atoms with Crippen LogP contribution in [0.4, 0.5) is 0 Å². The van der Waals surface area contributed by atoms with Gasteiger partial charge in [0.1, 0.15) is 6.61 Å². The minimum atomic E-state index is 0.0436. The van der Waals surface area contributed by atoms with Crippen LogP contribution in [0.25, 0.3) is 0 Å². The van der Waals surface area contributed by atoms with E-state index in [9.17, 15) is 4.79 Å². The van der Waals surface area contributed by atoms with Crippen molar-refractivity contribution < 1.29 is 9.53 Å². The van der Waals surface area contributed by atoms with Gasteiger partial charge in [0.25, 0.3) is 0 Å². The second-order valence-electron chi connectivity index (χ2n) is 4.01. The molecular weight excluding hydrogens is 178 g/mol. The smallest absolute Gasteiger partial charge is 0.246 e. The van der Waals surface area contributed by atoms with Crippen LogP contribution in [0.15, 0.2) is 0 Å². The van der Waals surface area contributed by atoms with Crippen LogP contribution in [0.5, 0.6) is 0 Å². The summed E-state index contributed by atoms with van der Waals surface area (Å²) in [5.74, 6) is 0.775. The molecule has 0 spiro atoms. The van der Waals surface area contributed by atoms with E-state index in [0.29, 0.717) is 12.6 Å². The Morgan fingerprint density at radius 1 is 1.43 bits per heavy atom. The first-order chi connectivity index (χ1) is 6.77. The summed E-state index contributed by atoms with van der Waals surface area (Å²) in [6.45, 7) is 5.12. The van der Waals surface area contributed by atoms with Gasteiger partial charge in [-0.15, -0.1) is 0 Å². The SMILES string of the molecule is CCCOCC(=O)NC1CC1CCC. The maximum Gasteiger partial charge on any atom is 0.246 e. The molecule has 82 valence electrons. The predicted molar refractivity (Wildman–Crippen MR) is 56.1 cm³/mol. The van der Waals surface area contributed by atoms with Crippen molar-refractivity contribution in [3.8, 4) is 0 Å². The third-order valence-electron chi connectivity index (χ3n) is 2.51. The fourth-order valence-electron chi connectivity index (χ4n) is 1.67. The first-order valence-electron chi connectivity index (χ1n) is 5.65. The molecule has 1 aliphatic rings. The van der Waals surface area contributed by atoms with E-state index in [1.54, 1.807) is 0 Å². The normalized spacial score (nSPS) is 24.7. The maximum absolute atomic E-state index is 11.3. The van der Waals surface area contributed by atoms with Crippen LogP contribution in [0.1, 0.15) is 39.5 Å². The van der Waals surface area contributed by atoms with E-state index in [1.165, 1.54) is 12.8 Å². The lowest BCUT2D eigenvalue weighted by Gasteiger charge is -2.04. The van der Waals surface area contributed by atoms with Crippen molar-refractivity contribution >= 4 is 5.91 Å². The quantitative estimate of drug-likeness (QED) is 0.634. The van der Waals surface area contributed by atoms with Crippen LogP contribution in [0.2, 0.25) is 0 Å². The molecule has 1 amide bonds. The molecule has 1 fully saturated rings. The van der Waals surface area contributed by atoms with E-state index in [0.717, 1.165) is 18.8 Å². The van der Waals surface area contributed by atoms with Gasteiger partial charge < -0.3 is 10.1 Å². The molecule has 0 saturated heterocycles. The first-order valence-corrected chi connectivity index (χ1v) is 5.65. The van der Waals surface area contributed by atoms with E-state index in [2.05, 4.69) is 12.2 Å². The summed E-state index contributed by atoms with van der Waals surface area (Å²) in [6, 6.07) is 0.438. The molecule has 2 unspecified atom stereocenters. The minimum Gasteiger partial charge on any atom is -0.372 e. The Balaban J connectivity index is 1.99. The molecule has 0 bridgehead atoms. The summed E-state index contributed by atoms with van der Waals surface area (Å²) in [7, 11) is 0. The zero-order chi connectivity index (χ0) is 10.4. The standard InChI is InChI=1S/C11H21NO2/c1-3-5-9-7-10(9)12-11(13)8-14-6-4-2/h9-10H,3-8H2,1-2H3,(H,12,13). The molecule has 2 atom stereocenters. The molecule has 3 heteroatoms. The van der Waals surface area contributed by atoms with Crippen molar-refractivity contribution in [2.24, 2.45) is 5.92 Å². The van der Waals surface area contributed by atoms with E-state index >= 15 is 0 Å². The molecular formula is C11H21NO2. The summed E-state index contributed by atoms with van der Waals surface area (Å²) in [4.78, 5) is 11.3. The van der Waals surface area contributed by atoms with Crippen LogP contribution in [0.3, 0.4) is 0 Å². The van der Waals surface area contributed by atoms with E-state index in [4.69, 9.17) is 4.74 Å². The van der Waals surface area contributed by atoms with Crippen molar-refractivity contribution in [3.05, 3.63) is 0 Å². The summed E-state index contributed by atoms with van der Waals surface area (Å²) in [5, 5.41) is 2.98. The molecule has 0 heterocycles. The number of ether oxygens (including phenoxy) is 1. The summed E-state index contributed by atoms with van der Waals surface area (Å²) in [6.07, 6.45) is 4.58. The Bertz CT molecular complexity index is 182. The second kappa shape index (κ2) is 6.02. The van der Waals surface area contributed by atoms with Crippen molar-refractivity contribution in [1.29, 1.82) is 0 Å². The van der Waals surface area contributed by atoms with Gasteiger partial charge in [-0.3, -0.25) is 4.79 Å².